The van der Waals surface area contributed by atoms with E-state index in [-0.39, 0.29) is 6.04 Å². The van der Waals surface area contributed by atoms with Crippen molar-refractivity contribution in [1.29, 1.82) is 0 Å². The summed E-state index contributed by atoms with van der Waals surface area (Å²) >= 11 is 0. The number of hydrogen-bond acceptors (Lipinski definition) is 4. The molecule has 0 heterocycles. The quantitative estimate of drug-likeness (QED) is 0.646. The zero-order chi connectivity index (χ0) is 15.7. The summed E-state index contributed by atoms with van der Waals surface area (Å²) < 4.78 is 23.2. The van der Waals surface area contributed by atoms with Gasteiger partial charge in [0, 0.05) is 12.3 Å². The van der Waals surface area contributed by atoms with Crippen molar-refractivity contribution in [2.24, 2.45) is 5.84 Å². The van der Waals surface area contributed by atoms with E-state index in [1.807, 2.05) is 0 Å². The number of hydrogen-bond donors (Lipinski definition) is 2. The third kappa shape index (κ3) is 3.30. The van der Waals surface area contributed by atoms with Gasteiger partial charge in [0.15, 0.2) is 9.84 Å². The average Bonchev–Trinajstić information content (AvgIpc) is 2.43. The van der Waals surface area contributed by atoms with Crippen LogP contribution in [0.5, 0.6) is 0 Å². The monoisotopic (exact) mass is 310 g/mol. The van der Waals surface area contributed by atoms with E-state index in [4.69, 9.17) is 5.84 Å². The van der Waals surface area contributed by atoms with Crippen molar-refractivity contribution < 1.29 is 8.42 Å². The predicted octanol–water partition coefficient (Wildman–Crippen LogP) is 2.15. The minimum Gasteiger partial charge on any atom is -0.271 e. The highest BCUT2D eigenvalue weighted by Gasteiger charge is 2.40. The molecule has 0 spiro atoms. The predicted molar refractivity (Wildman–Crippen MR) is 86.8 cm³/mol. The number of rotatable bonds is 5. The normalized spacial score (nSPS) is 20.9. The fourth-order valence-electron chi connectivity index (χ4n) is 3.19. The summed E-state index contributed by atoms with van der Waals surface area (Å²) in [7, 11) is -3.18. The van der Waals surface area contributed by atoms with Gasteiger partial charge in [0.2, 0.25) is 0 Å². The highest BCUT2D eigenvalue weighted by Crippen LogP contribution is 2.37. The van der Waals surface area contributed by atoms with E-state index in [9.17, 15) is 8.42 Å². The van der Waals surface area contributed by atoms with E-state index in [1.165, 1.54) is 17.4 Å². The molecule has 21 heavy (non-hydrogen) atoms. The zero-order valence-corrected chi connectivity index (χ0v) is 13.9. The molecule has 0 amide bonds. The van der Waals surface area contributed by atoms with Crippen LogP contribution in [-0.2, 0) is 16.3 Å². The minimum absolute atomic E-state index is 0.261. The van der Waals surface area contributed by atoms with Gasteiger partial charge in [0.1, 0.15) is 0 Å². The van der Waals surface area contributed by atoms with Crippen LogP contribution in [-0.4, -0.2) is 25.5 Å². The molecule has 0 bridgehead atoms. The van der Waals surface area contributed by atoms with Crippen LogP contribution in [0.4, 0.5) is 0 Å². The molecular formula is C16H26N2O2S. The van der Waals surface area contributed by atoms with Crippen LogP contribution in [0.15, 0.2) is 24.3 Å². The topological polar surface area (TPSA) is 72.2 Å². The molecule has 3 N–H and O–H groups in total. The third-order valence-electron chi connectivity index (χ3n) is 5.01. The van der Waals surface area contributed by atoms with Crippen LogP contribution < -0.4 is 11.3 Å². The maximum absolute atomic E-state index is 12.0. The summed E-state index contributed by atoms with van der Waals surface area (Å²) in [5.74, 6) is 6.05. The number of hydrazine groups is 1. The first kappa shape index (κ1) is 16.5. The second-order valence-electron chi connectivity index (χ2n) is 6.62. The molecule has 1 aromatic carbocycles. The fraction of sp³-hybridized carbons (Fsp3) is 0.625. The Kier molecular flexibility index (Phi) is 4.76. The molecule has 2 unspecified atom stereocenters. The van der Waals surface area contributed by atoms with Gasteiger partial charge in [-0.05, 0) is 56.6 Å². The smallest absolute Gasteiger partial charge is 0.154 e. The average molecular weight is 310 g/mol. The first-order valence-electron chi connectivity index (χ1n) is 7.51. The summed E-state index contributed by atoms with van der Waals surface area (Å²) in [6.07, 6.45) is 5.38. The standard InChI is InChI=1S/C16H26N2O2S/c1-16(2,21(3,19)20)15(18-17)11-13-9-6-8-12-7-4-5-10-14(12)13/h4-5,7,10,13,15,18H,6,8-9,11,17H2,1-3H3. The van der Waals surface area contributed by atoms with Crippen molar-refractivity contribution >= 4 is 9.84 Å². The van der Waals surface area contributed by atoms with Crippen molar-refractivity contribution in [3.8, 4) is 0 Å². The van der Waals surface area contributed by atoms with Crippen LogP contribution in [0.2, 0.25) is 0 Å². The molecule has 1 aliphatic carbocycles. The number of aryl methyl sites for hydroxylation is 1. The lowest BCUT2D eigenvalue weighted by molar-refractivity contribution is 0.353. The van der Waals surface area contributed by atoms with Gasteiger partial charge in [-0.3, -0.25) is 11.3 Å². The second-order valence-corrected chi connectivity index (χ2v) is 9.22. The molecule has 118 valence electrons. The Morgan fingerprint density at radius 2 is 2.05 bits per heavy atom. The summed E-state index contributed by atoms with van der Waals surface area (Å²) in [6.45, 7) is 3.50. The van der Waals surface area contributed by atoms with E-state index in [0.29, 0.717) is 5.92 Å². The molecular weight excluding hydrogens is 284 g/mol. The van der Waals surface area contributed by atoms with E-state index in [0.717, 1.165) is 25.7 Å². The lowest BCUT2D eigenvalue weighted by Gasteiger charge is -2.36. The number of sulfone groups is 1. The van der Waals surface area contributed by atoms with Crippen molar-refractivity contribution in [2.75, 3.05) is 6.26 Å². The molecule has 4 nitrogen and oxygen atoms in total. The maximum Gasteiger partial charge on any atom is 0.154 e. The molecule has 1 aromatic rings. The Balaban J connectivity index is 2.25. The Labute approximate surface area is 128 Å². The summed E-state index contributed by atoms with van der Waals surface area (Å²) in [4.78, 5) is 0. The molecule has 1 aliphatic rings. The molecule has 0 saturated carbocycles. The molecule has 2 atom stereocenters. The fourth-order valence-corrected chi connectivity index (χ4v) is 3.88. The Morgan fingerprint density at radius 1 is 1.38 bits per heavy atom. The minimum atomic E-state index is -3.18. The van der Waals surface area contributed by atoms with Gasteiger partial charge in [-0.25, -0.2) is 8.42 Å². The van der Waals surface area contributed by atoms with Gasteiger partial charge in [-0.15, -0.1) is 0 Å². The van der Waals surface area contributed by atoms with Crippen LogP contribution in [0, 0.1) is 0 Å². The van der Waals surface area contributed by atoms with Crippen molar-refractivity contribution in [1.82, 2.24) is 5.43 Å². The van der Waals surface area contributed by atoms with E-state index >= 15 is 0 Å². The molecule has 0 fully saturated rings. The molecule has 0 saturated heterocycles. The number of fused-ring (bicyclic) bond motifs is 1. The van der Waals surface area contributed by atoms with E-state index < -0.39 is 14.6 Å². The lowest BCUT2D eigenvalue weighted by Crippen LogP contribution is -2.54. The number of nitrogens with two attached hydrogens (primary N) is 1. The largest absolute Gasteiger partial charge is 0.271 e. The highest BCUT2D eigenvalue weighted by atomic mass is 32.2. The Morgan fingerprint density at radius 3 is 2.67 bits per heavy atom. The van der Waals surface area contributed by atoms with Gasteiger partial charge in [-0.1, -0.05) is 24.3 Å². The van der Waals surface area contributed by atoms with Gasteiger partial charge in [0.25, 0.3) is 0 Å². The van der Waals surface area contributed by atoms with Crippen LogP contribution >= 0.6 is 0 Å². The van der Waals surface area contributed by atoms with Crippen LogP contribution in [0.3, 0.4) is 0 Å². The lowest BCUT2D eigenvalue weighted by atomic mass is 9.78. The molecule has 0 aliphatic heterocycles. The van der Waals surface area contributed by atoms with Crippen molar-refractivity contribution in [3.63, 3.8) is 0 Å². The van der Waals surface area contributed by atoms with Gasteiger partial charge in [0.05, 0.1) is 4.75 Å². The Hall–Kier alpha value is -0.910. The molecule has 5 heteroatoms. The third-order valence-corrected chi connectivity index (χ3v) is 7.21. The maximum atomic E-state index is 12.0. The number of benzene rings is 1. The van der Waals surface area contributed by atoms with Gasteiger partial charge in [-0.2, -0.15) is 0 Å². The van der Waals surface area contributed by atoms with Crippen LogP contribution in [0.25, 0.3) is 0 Å². The highest BCUT2D eigenvalue weighted by molar-refractivity contribution is 7.92. The van der Waals surface area contributed by atoms with E-state index in [2.05, 4.69) is 29.7 Å². The second kappa shape index (κ2) is 6.07. The zero-order valence-electron chi connectivity index (χ0n) is 13.1. The Bertz CT molecular complexity index is 596. The van der Waals surface area contributed by atoms with Gasteiger partial charge < -0.3 is 0 Å². The number of nitrogens with one attached hydrogen (secondary N) is 1. The molecule has 0 aromatic heterocycles. The van der Waals surface area contributed by atoms with Crippen molar-refractivity contribution in [2.45, 2.75) is 56.2 Å². The van der Waals surface area contributed by atoms with Gasteiger partial charge >= 0.3 is 0 Å². The van der Waals surface area contributed by atoms with E-state index in [1.54, 1.807) is 13.8 Å². The SMILES string of the molecule is CC(C)(C(CC1CCCc2ccccc21)NN)S(C)(=O)=O. The first-order chi connectivity index (χ1) is 9.77. The van der Waals surface area contributed by atoms with Crippen molar-refractivity contribution in [3.05, 3.63) is 35.4 Å². The summed E-state index contributed by atoms with van der Waals surface area (Å²) in [5.41, 5.74) is 5.49. The van der Waals surface area contributed by atoms with Crippen LogP contribution in [0.1, 0.15) is 50.2 Å². The summed E-state index contributed by atoms with van der Waals surface area (Å²) in [5, 5.41) is 0. The summed E-state index contributed by atoms with van der Waals surface area (Å²) in [6, 6.07) is 8.21. The molecule has 2 rings (SSSR count). The first-order valence-corrected chi connectivity index (χ1v) is 9.40. The molecule has 0 radical (unpaired) electrons.